The highest BCUT2D eigenvalue weighted by Gasteiger charge is 2.00. The zero-order valence-corrected chi connectivity index (χ0v) is 7.29. The largest absolute Gasteiger partial charge is 0.342 e. The Labute approximate surface area is 76.4 Å². The fourth-order valence-electron chi connectivity index (χ4n) is 1.36. The third-order valence-corrected chi connectivity index (χ3v) is 2.00. The van der Waals surface area contributed by atoms with Crippen LogP contribution >= 0.6 is 0 Å². The summed E-state index contributed by atoms with van der Waals surface area (Å²) in [6.07, 6.45) is 1.40. The predicted octanol–water partition coefficient (Wildman–Crippen LogP) is 1.93. The van der Waals surface area contributed by atoms with Crippen LogP contribution in [0.1, 0.15) is 12.2 Å². The van der Waals surface area contributed by atoms with E-state index in [-0.39, 0.29) is 6.61 Å². The average molecular weight is 175 g/mol. The molecule has 1 N–H and O–H groups in total. The smallest absolute Gasteiger partial charge is 0.107 e. The fraction of sp³-hybridized carbons (Fsp3) is 0.300. The van der Waals surface area contributed by atoms with E-state index >= 15 is 0 Å². The number of hydrogen-bond donors (Lipinski definition) is 1. The molecule has 3 nitrogen and oxygen atoms in total. The Morgan fingerprint density at radius 2 is 2.15 bits per heavy atom. The van der Waals surface area contributed by atoms with Gasteiger partial charge in [0.25, 0.3) is 0 Å². The van der Waals surface area contributed by atoms with E-state index in [2.05, 4.69) is 9.97 Å². The minimum atomic E-state index is -0.0307. The zero-order chi connectivity index (χ0) is 9.10. The standard InChI is InChI=1S/C10H11N2O/c13-7-3-6-10-11-8-4-1-2-5-9(8)12-10/h1-2,4-5H,3,6-7H2,(H,11,12). The van der Waals surface area contributed by atoms with E-state index in [1.165, 1.54) is 0 Å². The Morgan fingerprint density at radius 1 is 1.31 bits per heavy atom. The van der Waals surface area contributed by atoms with Gasteiger partial charge in [0.05, 0.1) is 17.6 Å². The Bertz CT molecular complexity index is 361. The van der Waals surface area contributed by atoms with Gasteiger partial charge in [0.1, 0.15) is 5.82 Å². The van der Waals surface area contributed by atoms with Crippen LogP contribution in [0, 0.1) is 0 Å². The molecule has 0 fully saturated rings. The molecule has 0 saturated carbocycles. The Kier molecular flexibility index (Phi) is 2.27. The molecule has 0 spiro atoms. The Balaban J connectivity index is 2.28. The first-order valence-corrected chi connectivity index (χ1v) is 4.42. The van der Waals surface area contributed by atoms with Crippen molar-refractivity contribution in [2.75, 3.05) is 6.61 Å². The third-order valence-electron chi connectivity index (χ3n) is 2.00. The Hall–Kier alpha value is -1.35. The summed E-state index contributed by atoms with van der Waals surface area (Å²) in [5.74, 6) is 0.914. The lowest BCUT2D eigenvalue weighted by Gasteiger charge is -1.89. The lowest BCUT2D eigenvalue weighted by atomic mass is 10.3. The van der Waals surface area contributed by atoms with Gasteiger partial charge < -0.3 is 4.98 Å². The summed E-state index contributed by atoms with van der Waals surface area (Å²) in [6.45, 7) is -0.0307. The van der Waals surface area contributed by atoms with E-state index < -0.39 is 0 Å². The highest BCUT2D eigenvalue weighted by atomic mass is 16.2. The monoisotopic (exact) mass is 175 g/mol. The lowest BCUT2D eigenvalue weighted by Crippen LogP contribution is -1.90. The van der Waals surface area contributed by atoms with Crippen LogP contribution in [-0.4, -0.2) is 16.6 Å². The van der Waals surface area contributed by atoms with Crippen molar-refractivity contribution in [3.8, 4) is 0 Å². The molecule has 0 saturated heterocycles. The number of hydrogen-bond acceptors (Lipinski definition) is 1. The van der Waals surface area contributed by atoms with Crippen molar-refractivity contribution in [2.24, 2.45) is 0 Å². The average Bonchev–Trinajstić information content (AvgIpc) is 2.57. The molecular weight excluding hydrogens is 164 g/mol. The second-order valence-electron chi connectivity index (χ2n) is 3.01. The number of aromatic nitrogens is 2. The van der Waals surface area contributed by atoms with Gasteiger partial charge in [-0.2, -0.15) is 0 Å². The lowest BCUT2D eigenvalue weighted by molar-refractivity contribution is 0.189. The SMILES string of the molecule is [O]CCCc1nc2ccccc2[nH]1. The van der Waals surface area contributed by atoms with Gasteiger partial charge in [-0.3, -0.25) is 0 Å². The van der Waals surface area contributed by atoms with Crippen molar-refractivity contribution in [3.63, 3.8) is 0 Å². The van der Waals surface area contributed by atoms with Crippen LogP contribution in [0.3, 0.4) is 0 Å². The highest BCUT2D eigenvalue weighted by molar-refractivity contribution is 5.74. The van der Waals surface area contributed by atoms with Crippen LogP contribution in [0.15, 0.2) is 24.3 Å². The van der Waals surface area contributed by atoms with Crippen LogP contribution in [0.4, 0.5) is 0 Å². The van der Waals surface area contributed by atoms with Crippen LogP contribution in [-0.2, 0) is 11.5 Å². The van der Waals surface area contributed by atoms with E-state index in [9.17, 15) is 5.11 Å². The van der Waals surface area contributed by atoms with Gasteiger partial charge >= 0.3 is 0 Å². The molecule has 1 aromatic carbocycles. The van der Waals surface area contributed by atoms with Gasteiger partial charge in [-0.05, 0) is 18.6 Å². The van der Waals surface area contributed by atoms with Crippen molar-refractivity contribution < 1.29 is 5.11 Å². The molecular formula is C10H11N2O. The molecule has 13 heavy (non-hydrogen) atoms. The van der Waals surface area contributed by atoms with Gasteiger partial charge in [0.2, 0.25) is 0 Å². The van der Waals surface area contributed by atoms with Gasteiger partial charge in [-0.15, -0.1) is 0 Å². The molecule has 67 valence electrons. The summed E-state index contributed by atoms with van der Waals surface area (Å²) >= 11 is 0. The molecule has 0 aliphatic rings. The van der Waals surface area contributed by atoms with Crippen molar-refractivity contribution >= 4 is 11.0 Å². The molecule has 1 heterocycles. The molecule has 1 radical (unpaired) electrons. The molecule has 3 heteroatoms. The molecule has 0 atom stereocenters. The number of nitrogens with one attached hydrogen (secondary N) is 1. The van der Waals surface area contributed by atoms with Gasteiger partial charge in [0, 0.05) is 6.42 Å². The molecule has 0 aliphatic carbocycles. The number of nitrogens with zero attached hydrogens (tertiary/aromatic N) is 1. The third kappa shape index (κ3) is 1.70. The van der Waals surface area contributed by atoms with E-state index in [1.807, 2.05) is 24.3 Å². The molecule has 0 unspecified atom stereocenters. The van der Waals surface area contributed by atoms with Crippen molar-refractivity contribution in [1.29, 1.82) is 0 Å². The summed E-state index contributed by atoms with van der Waals surface area (Å²) in [5, 5.41) is 10.3. The first kappa shape index (κ1) is 8.26. The number of benzene rings is 1. The van der Waals surface area contributed by atoms with Gasteiger partial charge in [0.15, 0.2) is 0 Å². The fourth-order valence-corrected chi connectivity index (χ4v) is 1.36. The number of para-hydroxylation sites is 2. The second-order valence-corrected chi connectivity index (χ2v) is 3.01. The molecule has 0 aliphatic heterocycles. The topological polar surface area (TPSA) is 48.6 Å². The van der Waals surface area contributed by atoms with E-state index in [0.717, 1.165) is 23.3 Å². The number of fused-ring (bicyclic) bond motifs is 1. The van der Waals surface area contributed by atoms with Crippen LogP contribution in [0.5, 0.6) is 0 Å². The number of aromatic amines is 1. The summed E-state index contributed by atoms with van der Waals surface area (Å²) in [4.78, 5) is 7.54. The maximum atomic E-state index is 10.3. The summed E-state index contributed by atoms with van der Waals surface area (Å²) < 4.78 is 0. The summed E-state index contributed by atoms with van der Waals surface area (Å²) in [5.41, 5.74) is 2.02. The highest BCUT2D eigenvalue weighted by Crippen LogP contribution is 2.10. The summed E-state index contributed by atoms with van der Waals surface area (Å²) in [7, 11) is 0. The van der Waals surface area contributed by atoms with E-state index in [1.54, 1.807) is 0 Å². The maximum Gasteiger partial charge on any atom is 0.107 e. The van der Waals surface area contributed by atoms with Crippen LogP contribution in [0.25, 0.3) is 11.0 Å². The van der Waals surface area contributed by atoms with Crippen LogP contribution < -0.4 is 0 Å². The predicted molar refractivity (Wildman–Crippen MR) is 50.0 cm³/mol. The number of imidazole rings is 1. The maximum absolute atomic E-state index is 10.3. The van der Waals surface area contributed by atoms with E-state index in [0.29, 0.717) is 6.42 Å². The van der Waals surface area contributed by atoms with Crippen molar-refractivity contribution in [3.05, 3.63) is 30.1 Å². The first-order chi connectivity index (χ1) is 6.40. The Morgan fingerprint density at radius 3 is 2.92 bits per heavy atom. The van der Waals surface area contributed by atoms with E-state index in [4.69, 9.17) is 0 Å². The zero-order valence-electron chi connectivity index (χ0n) is 7.29. The molecule has 1 aromatic heterocycles. The number of aryl methyl sites for hydroxylation is 1. The second kappa shape index (κ2) is 3.58. The van der Waals surface area contributed by atoms with Crippen molar-refractivity contribution in [1.82, 2.24) is 9.97 Å². The van der Waals surface area contributed by atoms with Crippen molar-refractivity contribution in [2.45, 2.75) is 12.8 Å². The first-order valence-electron chi connectivity index (χ1n) is 4.42. The van der Waals surface area contributed by atoms with Gasteiger partial charge in [-0.1, -0.05) is 12.1 Å². The summed E-state index contributed by atoms with van der Waals surface area (Å²) in [6, 6.07) is 7.88. The molecule has 0 bridgehead atoms. The quantitative estimate of drug-likeness (QED) is 0.761. The molecule has 2 rings (SSSR count). The molecule has 2 aromatic rings. The number of H-pyrrole nitrogens is 1. The number of rotatable bonds is 3. The minimum absolute atomic E-state index is 0.0307. The van der Waals surface area contributed by atoms with Gasteiger partial charge in [-0.25, -0.2) is 10.1 Å². The van der Waals surface area contributed by atoms with Crippen LogP contribution in [0.2, 0.25) is 0 Å². The molecule has 0 amide bonds. The normalized spacial score (nSPS) is 10.8. The minimum Gasteiger partial charge on any atom is -0.342 e.